The van der Waals surface area contributed by atoms with Crippen LogP contribution in [0.2, 0.25) is 0 Å². The first-order chi connectivity index (χ1) is 8.69. The van der Waals surface area contributed by atoms with Crippen LogP contribution < -0.4 is 0 Å². The Kier molecular flexibility index (Phi) is 3.99. The van der Waals surface area contributed by atoms with Gasteiger partial charge in [-0.2, -0.15) is 0 Å². The van der Waals surface area contributed by atoms with Crippen LogP contribution in [0.3, 0.4) is 0 Å². The first-order valence-corrected chi connectivity index (χ1v) is 6.28. The summed E-state index contributed by atoms with van der Waals surface area (Å²) in [7, 11) is 1.38. The molecule has 0 spiro atoms. The van der Waals surface area contributed by atoms with Crippen molar-refractivity contribution in [3.8, 4) is 0 Å². The third-order valence-electron chi connectivity index (χ3n) is 2.36. The number of nitrogens with zero attached hydrogens (tertiary/aromatic N) is 1. The Hall–Kier alpha value is -1.81. The molecule has 0 bridgehead atoms. The quantitative estimate of drug-likeness (QED) is 0.793. The van der Waals surface area contributed by atoms with Gasteiger partial charge in [-0.05, 0) is 42.8 Å². The zero-order chi connectivity index (χ0) is 13.0. The topological polar surface area (TPSA) is 39.2 Å². The summed E-state index contributed by atoms with van der Waals surface area (Å²) in [5.74, 6) is -0.316. The van der Waals surface area contributed by atoms with Gasteiger partial charge in [0.2, 0.25) is 0 Å². The van der Waals surface area contributed by atoms with Crippen LogP contribution in [-0.4, -0.2) is 18.1 Å². The van der Waals surface area contributed by atoms with E-state index >= 15 is 0 Å². The fourth-order valence-corrected chi connectivity index (χ4v) is 2.40. The molecule has 0 radical (unpaired) electrons. The summed E-state index contributed by atoms with van der Waals surface area (Å²) in [6, 6.07) is 9.40. The molecule has 4 heteroatoms. The Morgan fingerprint density at radius 3 is 2.50 bits per heavy atom. The van der Waals surface area contributed by atoms with Gasteiger partial charge in [-0.3, -0.25) is 4.98 Å². The van der Waals surface area contributed by atoms with Crippen molar-refractivity contribution < 1.29 is 9.53 Å². The maximum atomic E-state index is 11.3. The first kappa shape index (κ1) is 12.6. The van der Waals surface area contributed by atoms with E-state index in [1.165, 1.54) is 7.11 Å². The smallest absolute Gasteiger partial charge is 0.337 e. The summed E-state index contributed by atoms with van der Waals surface area (Å²) in [5, 5.41) is 0. The monoisotopic (exact) mass is 259 g/mol. The minimum absolute atomic E-state index is 0.316. The number of hydrogen-bond donors (Lipinski definition) is 0. The zero-order valence-corrected chi connectivity index (χ0v) is 11.0. The van der Waals surface area contributed by atoms with Crippen molar-refractivity contribution in [3.05, 3.63) is 53.9 Å². The van der Waals surface area contributed by atoms with Crippen molar-refractivity contribution in [1.82, 2.24) is 4.98 Å². The molecule has 1 aromatic carbocycles. The van der Waals surface area contributed by atoms with E-state index in [1.54, 1.807) is 23.9 Å². The predicted octanol–water partition coefficient (Wildman–Crippen LogP) is 3.33. The van der Waals surface area contributed by atoms with Gasteiger partial charge in [0.15, 0.2) is 0 Å². The predicted molar refractivity (Wildman–Crippen MR) is 70.9 cm³/mol. The average molecular weight is 259 g/mol. The SMILES string of the molecule is COC(=O)c1ccc(Sc2cncc(C)c2)cc1. The molecule has 1 aromatic heterocycles. The number of pyridine rings is 1. The molecular formula is C14H13NO2S. The number of carbonyl (C=O) groups excluding carboxylic acids is 1. The highest BCUT2D eigenvalue weighted by Crippen LogP contribution is 2.27. The Morgan fingerprint density at radius 1 is 1.17 bits per heavy atom. The minimum atomic E-state index is -0.316. The second-order valence-electron chi connectivity index (χ2n) is 3.82. The Bertz CT molecular complexity index is 552. The van der Waals surface area contributed by atoms with Gasteiger partial charge in [0, 0.05) is 22.2 Å². The molecule has 0 amide bonds. The van der Waals surface area contributed by atoms with Gasteiger partial charge in [-0.1, -0.05) is 11.8 Å². The van der Waals surface area contributed by atoms with Crippen LogP contribution in [0.5, 0.6) is 0 Å². The lowest BCUT2D eigenvalue weighted by molar-refractivity contribution is 0.0600. The highest BCUT2D eigenvalue weighted by molar-refractivity contribution is 7.99. The molecule has 0 saturated carbocycles. The fourth-order valence-electron chi connectivity index (χ4n) is 1.50. The second-order valence-corrected chi connectivity index (χ2v) is 4.96. The number of rotatable bonds is 3. The van der Waals surface area contributed by atoms with Crippen molar-refractivity contribution in [3.63, 3.8) is 0 Å². The van der Waals surface area contributed by atoms with Gasteiger partial charge in [-0.15, -0.1) is 0 Å². The number of methoxy groups -OCH3 is 1. The average Bonchev–Trinajstić information content (AvgIpc) is 2.39. The molecule has 0 atom stereocenters. The first-order valence-electron chi connectivity index (χ1n) is 5.47. The molecular weight excluding hydrogens is 246 g/mol. The van der Waals surface area contributed by atoms with Gasteiger partial charge in [-0.25, -0.2) is 4.79 Å². The summed E-state index contributed by atoms with van der Waals surface area (Å²) >= 11 is 1.62. The Morgan fingerprint density at radius 2 is 1.89 bits per heavy atom. The van der Waals surface area contributed by atoms with Crippen LogP contribution in [0, 0.1) is 6.92 Å². The number of aromatic nitrogens is 1. The minimum Gasteiger partial charge on any atom is -0.465 e. The van der Waals surface area contributed by atoms with Gasteiger partial charge in [0.05, 0.1) is 12.7 Å². The summed E-state index contributed by atoms with van der Waals surface area (Å²) in [5.41, 5.74) is 1.69. The molecule has 0 aliphatic rings. The lowest BCUT2D eigenvalue weighted by Gasteiger charge is -2.03. The Labute approximate surface area is 110 Å². The standard InChI is InChI=1S/C14H13NO2S/c1-10-7-13(9-15-8-10)18-12-5-3-11(4-6-12)14(16)17-2/h3-9H,1-2H3. The number of esters is 1. The number of hydrogen-bond acceptors (Lipinski definition) is 4. The molecule has 0 fully saturated rings. The zero-order valence-electron chi connectivity index (χ0n) is 10.2. The number of aryl methyl sites for hydroxylation is 1. The highest BCUT2D eigenvalue weighted by atomic mass is 32.2. The van der Waals surface area contributed by atoms with Crippen molar-refractivity contribution in [1.29, 1.82) is 0 Å². The normalized spacial score (nSPS) is 10.1. The van der Waals surface area contributed by atoms with E-state index in [2.05, 4.69) is 15.8 Å². The lowest BCUT2D eigenvalue weighted by Crippen LogP contribution is -2.00. The summed E-state index contributed by atoms with van der Waals surface area (Å²) in [4.78, 5) is 17.6. The molecule has 2 aromatic rings. The fraction of sp³-hybridized carbons (Fsp3) is 0.143. The lowest BCUT2D eigenvalue weighted by atomic mass is 10.2. The van der Waals surface area contributed by atoms with Gasteiger partial charge >= 0.3 is 5.97 Å². The van der Waals surface area contributed by atoms with E-state index in [1.807, 2.05) is 31.5 Å². The molecule has 0 aliphatic heterocycles. The molecule has 18 heavy (non-hydrogen) atoms. The van der Waals surface area contributed by atoms with E-state index in [-0.39, 0.29) is 5.97 Å². The van der Waals surface area contributed by atoms with Crippen LogP contribution >= 0.6 is 11.8 Å². The molecule has 0 N–H and O–H groups in total. The maximum absolute atomic E-state index is 11.3. The van der Waals surface area contributed by atoms with Crippen molar-refractivity contribution >= 4 is 17.7 Å². The second kappa shape index (κ2) is 5.69. The van der Waals surface area contributed by atoms with Crippen molar-refractivity contribution in [2.45, 2.75) is 16.7 Å². The van der Waals surface area contributed by atoms with Crippen LogP contribution in [0.25, 0.3) is 0 Å². The van der Waals surface area contributed by atoms with Crippen molar-refractivity contribution in [2.24, 2.45) is 0 Å². The van der Waals surface area contributed by atoms with E-state index in [0.717, 1.165) is 15.4 Å². The maximum Gasteiger partial charge on any atom is 0.337 e. The van der Waals surface area contributed by atoms with E-state index < -0.39 is 0 Å². The molecule has 1 heterocycles. The molecule has 92 valence electrons. The van der Waals surface area contributed by atoms with Crippen LogP contribution in [-0.2, 0) is 4.74 Å². The number of ether oxygens (including phenoxy) is 1. The van der Waals surface area contributed by atoms with Crippen LogP contribution in [0.1, 0.15) is 15.9 Å². The van der Waals surface area contributed by atoms with E-state index in [9.17, 15) is 4.79 Å². The molecule has 0 saturated heterocycles. The molecule has 3 nitrogen and oxygen atoms in total. The molecule has 2 rings (SSSR count). The summed E-state index contributed by atoms with van der Waals surface area (Å²) in [6.45, 7) is 2.01. The van der Waals surface area contributed by atoms with Crippen LogP contribution in [0.15, 0.2) is 52.5 Å². The number of benzene rings is 1. The summed E-state index contributed by atoms with van der Waals surface area (Å²) in [6.07, 6.45) is 3.65. The summed E-state index contributed by atoms with van der Waals surface area (Å²) < 4.78 is 4.65. The van der Waals surface area contributed by atoms with E-state index in [4.69, 9.17) is 0 Å². The largest absolute Gasteiger partial charge is 0.465 e. The number of carbonyl (C=O) groups is 1. The van der Waals surface area contributed by atoms with Gasteiger partial charge < -0.3 is 4.74 Å². The van der Waals surface area contributed by atoms with E-state index in [0.29, 0.717) is 5.56 Å². The highest BCUT2D eigenvalue weighted by Gasteiger charge is 2.05. The van der Waals surface area contributed by atoms with Crippen molar-refractivity contribution in [2.75, 3.05) is 7.11 Å². The third kappa shape index (κ3) is 3.11. The molecule has 0 unspecified atom stereocenters. The third-order valence-corrected chi connectivity index (χ3v) is 3.33. The van der Waals surface area contributed by atoms with Crippen LogP contribution in [0.4, 0.5) is 0 Å². The molecule has 0 aliphatic carbocycles. The van der Waals surface area contributed by atoms with Gasteiger partial charge in [0.1, 0.15) is 0 Å². The Balaban J connectivity index is 2.13. The van der Waals surface area contributed by atoms with Gasteiger partial charge in [0.25, 0.3) is 0 Å².